The van der Waals surface area contributed by atoms with E-state index in [2.05, 4.69) is 10.2 Å². The van der Waals surface area contributed by atoms with E-state index in [1.807, 2.05) is 12.1 Å². The van der Waals surface area contributed by atoms with Gasteiger partial charge in [0.05, 0.1) is 18.4 Å². The second-order valence-electron chi connectivity index (χ2n) is 7.42. The van der Waals surface area contributed by atoms with Crippen molar-refractivity contribution in [3.63, 3.8) is 0 Å². The third-order valence-electron chi connectivity index (χ3n) is 5.31. The average molecular weight is 417 g/mol. The molecule has 158 valence electrons. The second-order valence-corrected chi connectivity index (χ2v) is 7.42. The van der Waals surface area contributed by atoms with Gasteiger partial charge in [0.15, 0.2) is 0 Å². The number of nitriles is 1. The molecule has 0 spiro atoms. The third-order valence-corrected chi connectivity index (χ3v) is 5.31. The molecule has 4 heterocycles. The highest BCUT2D eigenvalue weighted by Crippen LogP contribution is 2.22. The van der Waals surface area contributed by atoms with E-state index in [0.29, 0.717) is 17.2 Å². The van der Waals surface area contributed by atoms with Gasteiger partial charge in [-0.05, 0) is 43.2 Å². The normalized spacial score (nSPS) is 14.8. The Hall–Kier alpha value is -3.86. The van der Waals surface area contributed by atoms with Crippen molar-refractivity contribution in [1.29, 1.82) is 5.26 Å². The monoisotopic (exact) mass is 417 g/mol. The highest BCUT2D eigenvalue weighted by molar-refractivity contribution is 6.02. The molecule has 4 rings (SSSR count). The van der Waals surface area contributed by atoms with Crippen LogP contribution in [0.1, 0.15) is 37.0 Å². The number of furan rings is 1. The lowest BCUT2D eigenvalue weighted by Gasteiger charge is -2.23. The van der Waals surface area contributed by atoms with Crippen LogP contribution in [0.2, 0.25) is 0 Å². The predicted octanol–water partition coefficient (Wildman–Crippen LogP) is 2.89. The zero-order valence-electron chi connectivity index (χ0n) is 17.1. The molecule has 8 heteroatoms. The van der Waals surface area contributed by atoms with Crippen molar-refractivity contribution < 1.29 is 9.21 Å². The van der Waals surface area contributed by atoms with Crippen LogP contribution in [0, 0.1) is 11.3 Å². The predicted molar refractivity (Wildman–Crippen MR) is 116 cm³/mol. The number of nitrogens with zero attached hydrogens (tertiary/aromatic N) is 4. The Kier molecular flexibility index (Phi) is 6.13. The number of fused-ring (bicyclic) bond motifs is 1. The first-order chi connectivity index (χ1) is 15.2. The molecule has 0 aliphatic carbocycles. The maximum absolute atomic E-state index is 13.3. The SMILES string of the molecule is N#C/C(=C\c1c(N2CCCCCC2)nc2ccccn2c1=O)C(=O)NCc1ccco1. The van der Waals surface area contributed by atoms with Gasteiger partial charge in [-0.2, -0.15) is 5.26 Å². The number of aromatic nitrogens is 2. The molecule has 3 aromatic heterocycles. The minimum absolute atomic E-state index is 0.152. The summed E-state index contributed by atoms with van der Waals surface area (Å²) in [5.74, 6) is 0.520. The first-order valence-corrected chi connectivity index (χ1v) is 10.4. The summed E-state index contributed by atoms with van der Waals surface area (Å²) >= 11 is 0. The lowest BCUT2D eigenvalue weighted by atomic mass is 10.1. The summed E-state index contributed by atoms with van der Waals surface area (Å²) in [6, 6.07) is 10.7. The highest BCUT2D eigenvalue weighted by Gasteiger charge is 2.20. The van der Waals surface area contributed by atoms with Crippen molar-refractivity contribution in [3.05, 3.63) is 70.0 Å². The summed E-state index contributed by atoms with van der Waals surface area (Å²) in [4.78, 5) is 32.7. The molecule has 1 saturated heterocycles. The minimum atomic E-state index is -0.571. The smallest absolute Gasteiger partial charge is 0.267 e. The number of carbonyl (C=O) groups is 1. The second kappa shape index (κ2) is 9.30. The molecule has 0 saturated carbocycles. The number of anilines is 1. The van der Waals surface area contributed by atoms with Crippen LogP contribution in [0.5, 0.6) is 0 Å². The van der Waals surface area contributed by atoms with E-state index in [1.54, 1.807) is 30.5 Å². The Bertz CT molecular complexity index is 1200. The molecule has 1 fully saturated rings. The number of hydrogen-bond acceptors (Lipinski definition) is 6. The Morgan fingerprint density at radius 3 is 2.71 bits per heavy atom. The summed E-state index contributed by atoms with van der Waals surface area (Å²) < 4.78 is 6.64. The zero-order valence-corrected chi connectivity index (χ0v) is 17.1. The van der Waals surface area contributed by atoms with Crippen LogP contribution in [-0.2, 0) is 11.3 Å². The first kappa shape index (κ1) is 20.4. The van der Waals surface area contributed by atoms with Crippen LogP contribution in [0.25, 0.3) is 11.7 Å². The summed E-state index contributed by atoms with van der Waals surface area (Å²) in [5.41, 5.74) is 0.314. The van der Waals surface area contributed by atoms with Crippen LogP contribution in [0.15, 0.2) is 57.6 Å². The van der Waals surface area contributed by atoms with Crippen LogP contribution in [0.3, 0.4) is 0 Å². The molecule has 1 amide bonds. The van der Waals surface area contributed by atoms with Crippen molar-refractivity contribution >= 4 is 23.4 Å². The van der Waals surface area contributed by atoms with Crippen molar-refractivity contribution in [2.45, 2.75) is 32.2 Å². The van der Waals surface area contributed by atoms with Gasteiger partial charge in [0.1, 0.15) is 28.9 Å². The quantitative estimate of drug-likeness (QED) is 0.506. The van der Waals surface area contributed by atoms with E-state index in [4.69, 9.17) is 9.40 Å². The standard InChI is InChI=1S/C23H23N5O3/c24-15-17(22(29)25-16-18-8-7-13-31-18)14-19-21(27-10-4-1-2-5-11-27)26-20-9-3-6-12-28(20)23(19)30/h3,6-9,12-14H,1-2,4-5,10-11,16H2,(H,25,29)/b17-14+. The van der Waals surface area contributed by atoms with E-state index in [9.17, 15) is 14.9 Å². The van der Waals surface area contributed by atoms with Gasteiger partial charge in [0.2, 0.25) is 0 Å². The van der Waals surface area contributed by atoms with E-state index in [0.717, 1.165) is 38.8 Å². The summed E-state index contributed by atoms with van der Waals surface area (Å²) in [5, 5.41) is 12.3. The lowest BCUT2D eigenvalue weighted by Crippen LogP contribution is -2.30. The molecule has 3 aromatic rings. The van der Waals surface area contributed by atoms with Crippen molar-refractivity contribution in [2.75, 3.05) is 18.0 Å². The molecule has 0 radical (unpaired) electrons. The lowest BCUT2D eigenvalue weighted by molar-refractivity contribution is -0.117. The fourth-order valence-corrected chi connectivity index (χ4v) is 3.71. The number of pyridine rings is 1. The van der Waals surface area contributed by atoms with Crippen molar-refractivity contribution in [3.8, 4) is 6.07 Å². The molecule has 31 heavy (non-hydrogen) atoms. The molecule has 1 aliphatic rings. The van der Waals surface area contributed by atoms with Crippen molar-refractivity contribution in [1.82, 2.24) is 14.7 Å². The van der Waals surface area contributed by atoms with Gasteiger partial charge in [-0.3, -0.25) is 14.0 Å². The largest absolute Gasteiger partial charge is 0.467 e. The molecule has 0 aromatic carbocycles. The van der Waals surface area contributed by atoms with Crippen LogP contribution in [0.4, 0.5) is 5.82 Å². The van der Waals surface area contributed by atoms with Crippen molar-refractivity contribution in [2.24, 2.45) is 0 Å². The van der Waals surface area contributed by atoms with Gasteiger partial charge in [0, 0.05) is 19.3 Å². The van der Waals surface area contributed by atoms with Gasteiger partial charge in [-0.25, -0.2) is 4.98 Å². The molecule has 8 nitrogen and oxygen atoms in total. The van der Waals surface area contributed by atoms with Gasteiger partial charge in [0.25, 0.3) is 11.5 Å². The molecule has 0 atom stereocenters. The van der Waals surface area contributed by atoms with Gasteiger partial charge in [-0.1, -0.05) is 18.9 Å². The molecule has 1 aliphatic heterocycles. The molecular formula is C23H23N5O3. The zero-order chi connectivity index (χ0) is 21.6. The fraction of sp³-hybridized carbons (Fsp3) is 0.304. The van der Waals surface area contributed by atoms with Gasteiger partial charge < -0.3 is 14.6 Å². The van der Waals surface area contributed by atoms with Gasteiger partial charge >= 0.3 is 0 Å². The topological polar surface area (TPSA) is 104 Å². The van der Waals surface area contributed by atoms with Gasteiger partial charge in [-0.15, -0.1) is 0 Å². The molecule has 0 bridgehead atoms. The molecule has 1 N–H and O–H groups in total. The number of rotatable bonds is 5. The number of nitrogens with one attached hydrogen (secondary N) is 1. The van der Waals surface area contributed by atoms with E-state index in [-0.39, 0.29) is 23.2 Å². The fourth-order valence-electron chi connectivity index (χ4n) is 3.71. The molecule has 0 unspecified atom stereocenters. The Morgan fingerprint density at radius 2 is 2.00 bits per heavy atom. The van der Waals surface area contributed by atoms with E-state index in [1.165, 1.54) is 16.7 Å². The maximum atomic E-state index is 13.3. The number of amides is 1. The van der Waals surface area contributed by atoms with Crippen LogP contribution < -0.4 is 15.8 Å². The average Bonchev–Trinajstić information content (AvgIpc) is 3.17. The summed E-state index contributed by atoms with van der Waals surface area (Å²) in [7, 11) is 0. The summed E-state index contributed by atoms with van der Waals surface area (Å²) in [6.07, 6.45) is 8.78. The Balaban J connectivity index is 1.75. The Morgan fingerprint density at radius 1 is 1.19 bits per heavy atom. The van der Waals surface area contributed by atoms with Crippen LogP contribution in [-0.4, -0.2) is 28.4 Å². The minimum Gasteiger partial charge on any atom is -0.467 e. The molecular weight excluding hydrogens is 394 g/mol. The third kappa shape index (κ3) is 4.51. The van der Waals surface area contributed by atoms with E-state index < -0.39 is 5.91 Å². The first-order valence-electron chi connectivity index (χ1n) is 10.4. The van der Waals surface area contributed by atoms with E-state index >= 15 is 0 Å². The van der Waals surface area contributed by atoms with Crippen LogP contribution >= 0.6 is 0 Å². The number of hydrogen-bond donors (Lipinski definition) is 1. The number of carbonyl (C=O) groups excluding carboxylic acids is 1. The highest BCUT2D eigenvalue weighted by atomic mass is 16.3. The maximum Gasteiger partial charge on any atom is 0.267 e. The summed E-state index contributed by atoms with van der Waals surface area (Å²) in [6.45, 7) is 1.71. The Labute approximate surface area is 179 Å².